The third-order valence-electron chi connectivity index (χ3n) is 1.93. The SMILES string of the molecule is CC(C)(C)c1cc2ccnnn2n1. The van der Waals surface area contributed by atoms with Gasteiger partial charge in [-0.05, 0) is 17.3 Å². The van der Waals surface area contributed by atoms with Crippen molar-refractivity contribution in [2.24, 2.45) is 0 Å². The molecule has 0 N–H and O–H groups in total. The summed E-state index contributed by atoms with van der Waals surface area (Å²) in [6.45, 7) is 6.38. The molecule has 0 fully saturated rings. The van der Waals surface area contributed by atoms with Gasteiger partial charge in [-0.25, -0.2) is 0 Å². The Bertz CT molecular complexity index is 391. The molecule has 0 bridgehead atoms. The van der Waals surface area contributed by atoms with Crippen LogP contribution in [0.2, 0.25) is 0 Å². The molecule has 0 aliphatic rings. The highest BCUT2D eigenvalue weighted by Gasteiger charge is 2.17. The molecule has 0 atom stereocenters. The summed E-state index contributed by atoms with van der Waals surface area (Å²) in [5.74, 6) is 0. The second-order valence-electron chi connectivity index (χ2n) is 4.11. The van der Waals surface area contributed by atoms with Crippen molar-refractivity contribution in [2.45, 2.75) is 26.2 Å². The lowest BCUT2D eigenvalue weighted by atomic mass is 9.92. The first-order valence-corrected chi connectivity index (χ1v) is 4.25. The minimum absolute atomic E-state index is 0.0632. The Labute approximate surface area is 76.6 Å². The van der Waals surface area contributed by atoms with E-state index in [1.54, 1.807) is 10.8 Å². The molecule has 4 nitrogen and oxygen atoms in total. The summed E-state index contributed by atoms with van der Waals surface area (Å²) in [4.78, 5) is 0. The topological polar surface area (TPSA) is 43.1 Å². The summed E-state index contributed by atoms with van der Waals surface area (Å²) in [6.07, 6.45) is 1.67. The van der Waals surface area contributed by atoms with Crippen molar-refractivity contribution in [3.8, 4) is 0 Å². The van der Waals surface area contributed by atoms with Crippen LogP contribution in [0.1, 0.15) is 26.5 Å². The molecule has 0 aromatic carbocycles. The quantitative estimate of drug-likeness (QED) is 0.609. The van der Waals surface area contributed by atoms with Gasteiger partial charge in [0.05, 0.1) is 17.4 Å². The smallest absolute Gasteiger partial charge is 0.0909 e. The summed E-state index contributed by atoms with van der Waals surface area (Å²) in [6, 6.07) is 3.93. The van der Waals surface area contributed by atoms with E-state index < -0.39 is 0 Å². The maximum absolute atomic E-state index is 4.33. The van der Waals surface area contributed by atoms with Gasteiger partial charge in [0.2, 0.25) is 0 Å². The highest BCUT2D eigenvalue weighted by atomic mass is 15.5. The van der Waals surface area contributed by atoms with Gasteiger partial charge < -0.3 is 0 Å². The molecule has 0 saturated carbocycles. The van der Waals surface area contributed by atoms with Crippen LogP contribution in [-0.4, -0.2) is 20.0 Å². The molecule has 0 unspecified atom stereocenters. The molecule has 0 aliphatic carbocycles. The fraction of sp³-hybridized carbons (Fsp3) is 0.444. The number of fused-ring (bicyclic) bond motifs is 1. The fourth-order valence-corrected chi connectivity index (χ4v) is 1.13. The van der Waals surface area contributed by atoms with E-state index in [9.17, 15) is 0 Å². The van der Waals surface area contributed by atoms with Crippen LogP contribution >= 0.6 is 0 Å². The normalized spacial score (nSPS) is 12.2. The van der Waals surface area contributed by atoms with Crippen LogP contribution < -0.4 is 0 Å². The number of rotatable bonds is 0. The predicted molar refractivity (Wildman–Crippen MR) is 49.5 cm³/mol. The van der Waals surface area contributed by atoms with E-state index >= 15 is 0 Å². The Morgan fingerprint density at radius 3 is 2.69 bits per heavy atom. The van der Waals surface area contributed by atoms with Crippen LogP contribution in [-0.2, 0) is 5.41 Å². The molecule has 0 spiro atoms. The summed E-state index contributed by atoms with van der Waals surface area (Å²) < 4.78 is 1.56. The summed E-state index contributed by atoms with van der Waals surface area (Å²) in [5.41, 5.74) is 2.08. The average Bonchev–Trinajstić information content (AvgIpc) is 2.45. The minimum Gasteiger partial charge on any atom is -0.153 e. The molecule has 68 valence electrons. The fourth-order valence-electron chi connectivity index (χ4n) is 1.13. The molecular weight excluding hydrogens is 164 g/mol. The Hall–Kier alpha value is -1.45. The van der Waals surface area contributed by atoms with E-state index in [-0.39, 0.29) is 5.41 Å². The largest absolute Gasteiger partial charge is 0.153 e. The Balaban J connectivity index is 2.63. The van der Waals surface area contributed by atoms with E-state index in [0.29, 0.717) is 0 Å². The van der Waals surface area contributed by atoms with Crippen molar-refractivity contribution in [1.82, 2.24) is 20.0 Å². The lowest BCUT2D eigenvalue weighted by molar-refractivity contribution is 0.552. The van der Waals surface area contributed by atoms with Crippen molar-refractivity contribution in [3.05, 3.63) is 24.0 Å². The van der Waals surface area contributed by atoms with E-state index in [1.165, 1.54) is 0 Å². The Kier molecular flexibility index (Phi) is 1.58. The molecule has 4 heteroatoms. The van der Waals surface area contributed by atoms with E-state index in [0.717, 1.165) is 11.2 Å². The predicted octanol–water partition coefficient (Wildman–Crippen LogP) is 1.42. The first kappa shape index (κ1) is 8.16. The van der Waals surface area contributed by atoms with E-state index in [1.807, 2.05) is 12.1 Å². The van der Waals surface area contributed by atoms with Gasteiger partial charge in [0.25, 0.3) is 0 Å². The molecule has 13 heavy (non-hydrogen) atoms. The van der Waals surface area contributed by atoms with Gasteiger partial charge in [0.1, 0.15) is 0 Å². The second kappa shape index (κ2) is 2.52. The van der Waals surface area contributed by atoms with Gasteiger partial charge in [-0.3, -0.25) is 0 Å². The Morgan fingerprint density at radius 2 is 2.08 bits per heavy atom. The molecular formula is C9H12N4. The van der Waals surface area contributed by atoms with Crippen LogP contribution in [0.5, 0.6) is 0 Å². The maximum atomic E-state index is 4.33. The van der Waals surface area contributed by atoms with Crippen molar-refractivity contribution in [2.75, 3.05) is 0 Å². The van der Waals surface area contributed by atoms with Gasteiger partial charge in [-0.2, -0.15) is 5.10 Å². The standard InChI is InChI=1S/C9H12N4/c1-9(2,3)8-6-7-4-5-10-12-13(7)11-8/h4-6H,1-3H3. The molecule has 0 saturated heterocycles. The molecule has 2 heterocycles. The number of aromatic nitrogens is 4. The summed E-state index contributed by atoms with van der Waals surface area (Å²) in [5, 5.41) is 12.0. The lowest BCUT2D eigenvalue weighted by Crippen LogP contribution is -2.12. The first-order chi connectivity index (χ1) is 6.07. The molecule has 2 aromatic heterocycles. The van der Waals surface area contributed by atoms with Crippen molar-refractivity contribution in [1.29, 1.82) is 0 Å². The second-order valence-corrected chi connectivity index (χ2v) is 4.11. The monoisotopic (exact) mass is 176 g/mol. The van der Waals surface area contributed by atoms with Gasteiger partial charge in [0, 0.05) is 5.41 Å². The highest BCUT2D eigenvalue weighted by molar-refractivity contribution is 5.46. The van der Waals surface area contributed by atoms with E-state index in [4.69, 9.17) is 0 Å². The van der Waals surface area contributed by atoms with Crippen LogP contribution in [0.25, 0.3) is 5.52 Å². The maximum Gasteiger partial charge on any atom is 0.0909 e. The van der Waals surface area contributed by atoms with Gasteiger partial charge in [-0.1, -0.05) is 20.8 Å². The molecule has 0 radical (unpaired) electrons. The van der Waals surface area contributed by atoms with Crippen molar-refractivity contribution < 1.29 is 0 Å². The third-order valence-corrected chi connectivity index (χ3v) is 1.93. The zero-order chi connectivity index (χ0) is 9.47. The van der Waals surface area contributed by atoms with Crippen LogP contribution in [0, 0.1) is 0 Å². The molecule has 0 amide bonds. The van der Waals surface area contributed by atoms with Gasteiger partial charge >= 0.3 is 0 Å². The van der Waals surface area contributed by atoms with Crippen molar-refractivity contribution >= 4 is 5.52 Å². The summed E-state index contributed by atoms with van der Waals surface area (Å²) in [7, 11) is 0. The zero-order valence-electron chi connectivity index (χ0n) is 8.02. The van der Waals surface area contributed by atoms with Crippen LogP contribution in [0.4, 0.5) is 0 Å². The third kappa shape index (κ3) is 1.39. The number of nitrogens with zero attached hydrogens (tertiary/aromatic N) is 4. The number of hydrogen-bond acceptors (Lipinski definition) is 3. The minimum atomic E-state index is 0.0632. The van der Waals surface area contributed by atoms with Gasteiger partial charge in [0.15, 0.2) is 0 Å². The van der Waals surface area contributed by atoms with Crippen LogP contribution in [0.15, 0.2) is 18.3 Å². The Morgan fingerprint density at radius 1 is 1.31 bits per heavy atom. The molecule has 2 aromatic rings. The molecule has 2 rings (SSSR count). The summed E-state index contributed by atoms with van der Waals surface area (Å²) >= 11 is 0. The van der Waals surface area contributed by atoms with Crippen LogP contribution in [0.3, 0.4) is 0 Å². The lowest BCUT2D eigenvalue weighted by Gasteiger charge is -2.13. The highest BCUT2D eigenvalue weighted by Crippen LogP contribution is 2.20. The van der Waals surface area contributed by atoms with E-state index in [2.05, 4.69) is 36.2 Å². The molecule has 0 aliphatic heterocycles. The zero-order valence-corrected chi connectivity index (χ0v) is 8.02. The average molecular weight is 176 g/mol. The van der Waals surface area contributed by atoms with Crippen molar-refractivity contribution in [3.63, 3.8) is 0 Å². The first-order valence-electron chi connectivity index (χ1n) is 4.25. The number of hydrogen-bond donors (Lipinski definition) is 0. The van der Waals surface area contributed by atoms with Gasteiger partial charge in [-0.15, -0.1) is 9.73 Å².